The number of pyridine rings is 1. The SMILES string of the molecule is COCCNc1ncnc2ncccc12. The summed E-state index contributed by atoms with van der Waals surface area (Å²) in [7, 11) is 1.67. The Labute approximate surface area is 87.5 Å². The van der Waals surface area contributed by atoms with Gasteiger partial charge >= 0.3 is 0 Å². The monoisotopic (exact) mass is 204 g/mol. The second-order valence-corrected chi connectivity index (χ2v) is 3.02. The molecule has 2 aromatic rings. The average molecular weight is 204 g/mol. The van der Waals surface area contributed by atoms with Gasteiger partial charge in [-0.2, -0.15) is 0 Å². The number of hydrogen-bond acceptors (Lipinski definition) is 5. The van der Waals surface area contributed by atoms with Crippen LogP contribution in [0.3, 0.4) is 0 Å². The summed E-state index contributed by atoms with van der Waals surface area (Å²) in [6.45, 7) is 1.36. The van der Waals surface area contributed by atoms with Gasteiger partial charge in [-0.15, -0.1) is 0 Å². The fourth-order valence-electron chi connectivity index (χ4n) is 1.31. The molecule has 0 atom stereocenters. The van der Waals surface area contributed by atoms with Crippen LogP contribution < -0.4 is 5.32 Å². The van der Waals surface area contributed by atoms with Crippen LogP contribution in [0.25, 0.3) is 11.0 Å². The topological polar surface area (TPSA) is 59.9 Å². The van der Waals surface area contributed by atoms with Gasteiger partial charge in [-0.05, 0) is 12.1 Å². The molecule has 0 spiro atoms. The zero-order valence-corrected chi connectivity index (χ0v) is 8.47. The van der Waals surface area contributed by atoms with Gasteiger partial charge in [-0.3, -0.25) is 0 Å². The quantitative estimate of drug-likeness (QED) is 0.755. The zero-order chi connectivity index (χ0) is 10.5. The summed E-state index contributed by atoms with van der Waals surface area (Å²) in [4.78, 5) is 12.4. The molecule has 1 N–H and O–H groups in total. The van der Waals surface area contributed by atoms with Gasteiger partial charge in [0.25, 0.3) is 0 Å². The van der Waals surface area contributed by atoms with E-state index in [1.165, 1.54) is 6.33 Å². The van der Waals surface area contributed by atoms with Crippen LogP contribution in [0.2, 0.25) is 0 Å². The third-order valence-electron chi connectivity index (χ3n) is 2.01. The molecule has 0 aliphatic carbocycles. The highest BCUT2D eigenvalue weighted by Crippen LogP contribution is 2.15. The first-order valence-electron chi connectivity index (χ1n) is 4.70. The lowest BCUT2D eigenvalue weighted by atomic mass is 10.3. The number of nitrogens with one attached hydrogen (secondary N) is 1. The summed E-state index contributed by atoms with van der Waals surface area (Å²) in [6, 6.07) is 3.81. The Morgan fingerprint density at radius 1 is 1.33 bits per heavy atom. The first-order valence-corrected chi connectivity index (χ1v) is 4.70. The standard InChI is InChI=1S/C10H12N4O/c1-15-6-5-12-10-8-3-2-4-11-9(8)13-7-14-10/h2-4,7H,5-6H2,1H3,(H,11,12,13,14). The lowest BCUT2D eigenvalue weighted by molar-refractivity contribution is 0.210. The molecule has 0 amide bonds. The van der Waals surface area contributed by atoms with Crippen molar-refractivity contribution in [3.63, 3.8) is 0 Å². The number of fused-ring (bicyclic) bond motifs is 1. The van der Waals surface area contributed by atoms with Crippen molar-refractivity contribution in [2.75, 3.05) is 25.6 Å². The highest BCUT2D eigenvalue weighted by atomic mass is 16.5. The van der Waals surface area contributed by atoms with Crippen molar-refractivity contribution in [1.82, 2.24) is 15.0 Å². The molecule has 0 aromatic carbocycles. The molecule has 2 aromatic heterocycles. The Hall–Kier alpha value is -1.75. The molecular weight excluding hydrogens is 192 g/mol. The Bertz CT molecular complexity index is 441. The Morgan fingerprint density at radius 2 is 2.27 bits per heavy atom. The van der Waals surface area contributed by atoms with Crippen molar-refractivity contribution in [1.29, 1.82) is 0 Å². The highest BCUT2D eigenvalue weighted by Gasteiger charge is 2.01. The van der Waals surface area contributed by atoms with Crippen LogP contribution in [-0.4, -0.2) is 35.2 Å². The number of anilines is 1. The summed E-state index contributed by atoms with van der Waals surface area (Å²) in [5, 5.41) is 4.10. The molecule has 2 heterocycles. The molecule has 0 aliphatic rings. The lowest BCUT2D eigenvalue weighted by Crippen LogP contribution is -2.09. The molecule has 5 nitrogen and oxygen atoms in total. The van der Waals surface area contributed by atoms with Gasteiger partial charge in [0, 0.05) is 19.9 Å². The van der Waals surface area contributed by atoms with E-state index in [4.69, 9.17) is 4.74 Å². The minimum absolute atomic E-state index is 0.645. The molecule has 0 bridgehead atoms. The molecule has 0 radical (unpaired) electrons. The normalized spacial score (nSPS) is 10.5. The van der Waals surface area contributed by atoms with Gasteiger partial charge < -0.3 is 10.1 Å². The van der Waals surface area contributed by atoms with Gasteiger partial charge in [0.05, 0.1) is 12.0 Å². The maximum atomic E-state index is 4.95. The van der Waals surface area contributed by atoms with Crippen molar-refractivity contribution in [3.05, 3.63) is 24.7 Å². The van der Waals surface area contributed by atoms with E-state index >= 15 is 0 Å². The minimum atomic E-state index is 0.645. The van der Waals surface area contributed by atoms with Crippen molar-refractivity contribution in [2.24, 2.45) is 0 Å². The van der Waals surface area contributed by atoms with E-state index in [1.807, 2.05) is 12.1 Å². The first kappa shape index (κ1) is 9.79. The van der Waals surface area contributed by atoms with Gasteiger partial charge in [-0.25, -0.2) is 15.0 Å². The van der Waals surface area contributed by atoms with Crippen molar-refractivity contribution >= 4 is 16.9 Å². The predicted molar refractivity (Wildman–Crippen MR) is 57.7 cm³/mol. The van der Waals surface area contributed by atoms with Crippen molar-refractivity contribution in [2.45, 2.75) is 0 Å². The number of ether oxygens (including phenoxy) is 1. The van der Waals surface area contributed by atoms with Crippen LogP contribution in [0.1, 0.15) is 0 Å². The molecule has 15 heavy (non-hydrogen) atoms. The third-order valence-corrected chi connectivity index (χ3v) is 2.01. The average Bonchev–Trinajstić information content (AvgIpc) is 2.30. The van der Waals surface area contributed by atoms with E-state index in [0.29, 0.717) is 12.3 Å². The van der Waals surface area contributed by atoms with Crippen LogP contribution >= 0.6 is 0 Å². The highest BCUT2D eigenvalue weighted by molar-refractivity contribution is 5.85. The van der Waals surface area contributed by atoms with E-state index in [0.717, 1.165) is 17.7 Å². The zero-order valence-electron chi connectivity index (χ0n) is 8.47. The molecule has 0 aliphatic heterocycles. The van der Waals surface area contributed by atoms with Crippen molar-refractivity contribution in [3.8, 4) is 0 Å². The van der Waals surface area contributed by atoms with Gasteiger partial charge in [-0.1, -0.05) is 0 Å². The van der Waals surface area contributed by atoms with Crippen LogP contribution in [0, 0.1) is 0 Å². The lowest BCUT2D eigenvalue weighted by Gasteiger charge is -2.06. The van der Waals surface area contributed by atoms with E-state index in [1.54, 1.807) is 13.3 Å². The number of nitrogens with zero attached hydrogens (tertiary/aromatic N) is 3. The first-order chi connectivity index (χ1) is 7.42. The smallest absolute Gasteiger partial charge is 0.164 e. The minimum Gasteiger partial charge on any atom is -0.383 e. The van der Waals surface area contributed by atoms with Crippen LogP contribution in [0.4, 0.5) is 5.82 Å². The maximum Gasteiger partial charge on any atom is 0.164 e. The van der Waals surface area contributed by atoms with Crippen LogP contribution in [0.15, 0.2) is 24.7 Å². The number of rotatable bonds is 4. The largest absolute Gasteiger partial charge is 0.383 e. The maximum absolute atomic E-state index is 4.95. The second-order valence-electron chi connectivity index (χ2n) is 3.02. The summed E-state index contributed by atoms with van der Waals surface area (Å²) in [5.74, 6) is 0.796. The van der Waals surface area contributed by atoms with E-state index in [-0.39, 0.29) is 0 Å². The molecule has 0 unspecified atom stereocenters. The molecule has 5 heteroatoms. The predicted octanol–water partition coefficient (Wildman–Crippen LogP) is 1.08. The number of methoxy groups -OCH3 is 1. The summed E-state index contributed by atoms with van der Waals surface area (Å²) < 4.78 is 4.95. The number of hydrogen-bond donors (Lipinski definition) is 1. The van der Waals surface area contributed by atoms with Gasteiger partial charge in [0.15, 0.2) is 5.65 Å². The van der Waals surface area contributed by atoms with Crippen LogP contribution in [-0.2, 0) is 4.74 Å². The molecule has 78 valence electrons. The summed E-state index contributed by atoms with van der Waals surface area (Å²) in [5.41, 5.74) is 0.701. The van der Waals surface area contributed by atoms with E-state index in [9.17, 15) is 0 Å². The molecule has 0 saturated carbocycles. The molecular formula is C10H12N4O. The van der Waals surface area contributed by atoms with Gasteiger partial charge in [0.1, 0.15) is 12.1 Å². The third kappa shape index (κ3) is 2.19. The molecule has 0 saturated heterocycles. The Balaban J connectivity index is 2.26. The molecule has 0 fully saturated rings. The number of aromatic nitrogens is 3. The summed E-state index contributed by atoms with van der Waals surface area (Å²) >= 11 is 0. The van der Waals surface area contributed by atoms with Crippen molar-refractivity contribution < 1.29 is 4.74 Å². The van der Waals surface area contributed by atoms with E-state index in [2.05, 4.69) is 20.3 Å². The Morgan fingerprint density at radius 3 is 3.13 bits per heavy atom. The fourth-order valence-corrected chi connectivity index (χ4v) is 1.31. The van der Waals surface area contributed by atoms with Gasteiger partial charge in [0.2, 0.25) is 0 Å². The van der Waals surface area contributed by atoms with E-state index < -0.39 is 0 Å². The van der Waals surface area contributed by atoms with Crippen LogP contribution in [0.5, 0.6) is 0 Å². The fraction of sp³-hybridized carbons (Fsp3) is 0.300. The summed E-state index contributed by atoms with van der Waals surface area (Å²) in [6.07, 6.45) is 3.22. The Kier molecular flexibility index (Phi) is 3.04. The molecule has 2 rings (SSSR count). The second kappa shape index (κ2) is 4.65.